The number of hydrogen-bond acceptors (Lipinski definition) is 1. The van der Waals surface area contributed by atoms with Gasteiger partial charge in [-0.25, -0.2) is 0 Å². The fourth-order valence-corrected chi connectivity index (χ4v) is 0.269. The first kappa shape index (κ1) is 11.8. The molecule has 0 unspecified atom stereocenters. The molecule has 2 N–H and O–H groups in total. The van der Waals surface area contributed by atoms with Crippen molar-refractivity contribution in [2.75, 3.05) is 0 Å². The number of hydrogen-bond donors (Lipinski definition) is 1. The topological polar surface area (TPSA) is 26.0 Å². The van der Waals surface area contributed by atoms with Gasteiger partial charge in [-0.05, 0) is 18.6 Å². The van der Waals surface area contributed by atoms with Gasteiger partial charge in [0, 0.05) is 5.70 Å². The predicted octanol–water partition coefficient (Wildman–Crippen LogP) is 2.62. The van der Waals surface area contributed by atoms with Crippen molar-refractivity contribution in [3.8, 4) is 0 Å². The normalized spacial score (nSPS) is 9.30. The van der Waals surface area contributed by atoms with Crippen molar-refractivity contribution in [2.45, 2.75) is 20.8 Å². The van der Waals surface area contributed by atoms with E-state index >= 15 is 0 Å². The average molecular weight is 139 g/mol. The Hall–Kier alpha value is -0.980. The lowest BCUT2D eigenvalue weighted by Gasteiger charge is -1.93. The Balaban J connectivity index is 0. The van der Waals surface area contributed by atoms with Crippen LogP contribution in [0.25, 0.3) is 0 Å². The summed E-state index contributed by atoms with van der Waals surface area (Å²) < 4.78 is 0. The summed E-state index contributed by atoms with van der Waals surface area (Å²) >= 11 is 0. The molecule has 0 radical (unpaired) electrons. The van der Waals surface area contributed by atoms with E-state index in [0.29, 0.717) is 5.70 Å². The van der Waals surface area contributed by atoms with Gasteiger partial charge in [0.2, 0.25) is 0 Å². The smallest absolute Gasteiger partial charge is 0.0337 e. The second kappa shape index (κ2) is 8.02. The number of allylic oxidation sites excluding steroid dienone is 3. The molecule has 0 atom stereocenters. The second-order valence-corrected chi connectivity index (χ2v) is 1.64. The van der Waals surface area contributed by atoms with E-state index in [4.69, 9.17) is 5.73 Å². The first-order valence-corrected chi connectivity index (χ1v) is 3.42. The molecule has 0 rings (SSSR count). The molecular formula is C9H17N. The Bertz CT molecular complexity index is 132. The summed E-state index contributed by atoms with van der Waals surface area (Å²) in [4.78, 5) is 0. The summed E-state index contributed by atoms with van der Waals surface area (Å²) in [6.45, 7) is 13.0. The summed E-state index contributed by atoms with van der Waals surface area (Å²) in [5, 5.41) is 0. The first-order chi connectivity index (χ1) is 4.68. The molecule has 1 nitrogen and oxygen atoms in total. The van der Waals surface area contributed by atoms with Crippen LogP contribution in [0, 0.1) is 0 Å². The zero-order valence-corrected chi connectivity index (χ0v) is 7.15. The molecular weight excluding hydrogens is 122 g/mol. The summed E-state index contributed by atoms with van der Waals surface area (Å²) in [6, 6.07) is 0. The van der Waals surface area contributed by atoms with E-state index < -0.39 is 0 Å². The average Bonchev–Trinajstić information content (AvgIpc) is 1.93. The maximum atomic E-state index is 5.42. The van der Waals surface area contributed by atoms with Crippen LogP contribution in [0.15, 0.2) is 36.6 Å². The van der Waals surface area contributed by atoms with E-state index in [-0.39, 0.29) is 0 Å². The highest BCUT2D eigenvalue weighted by Crippen LogP contribution is 1.96. The van der Waals surface area contributed by atoms with Gasteiger partial charge >= 0.3 is 0 Å². The third-order valence-electron chi connectivity index (χ3n) is 0.790. The van der Waals surface area contributed by atoms with Gasteiger partial charge < -0.3 is 5.73 Å². The van der Waals surface area contributed by atoms with Crippen LogP contribution in [-0.4, -0.2) is 0 Å². The minimum atomic E-state index is 0.694. The van der Waals surface area contributed by atoms with Gasteiger partial charge in [-0.2, -0.15) is 0 Å². The Labute approximate surface area is 63.9 Å². The van der Waals surface area contributed by atoms with Gasteiger partial charge in [-0.15, -0.1) is 0 Å². The van der Waals surface area contributed by atoms with Gasteiger partial charge in [0.05, 0.1) is 0 Å². The number of nitrogens with two attached hydrogens (primary N) is 1. The summed E-state index contributed by atoms with van der Waals surface area (Å²) in [7, 11) is 0. The van der Waals surface area contributed by atoms with Gasteiger partial charge in [0.1, 0.15) is 0 Å². The van der Waals surface area contributed by atoms with Crippen LogP contribution in [0.4, 0.5) is 0 Å². The molecule has 0 saturated carbocycles. The molecule has 0 aliphatic heterocycles. The fourth-order valence-electron chi connectivity index (χ4n) is 0.269. The molecule has 0 aliphatic rings. The minimum absolute atomic E-state index is 0.694. The largest absolute Gasteiger partial charge is 0.399 e. The van der Waals surface area contributed by atoms with Gasteiger partial charge in [0.25, 0.3) is 0 Å². The third kappa shape index (κ3) is 7.02. The Morgan fingerprint density at radius 2 is 1.80 bits per heavy atom. The van der Waals surface area contributed by atoms with Crippen molar-refractivity contribution < 1.29 is 0 Å². The molecule has 0 aromatic carbocycles. The molecule has 0 aromatic heterocycles. The molecule has 0 aromatic rings. The van der Waals surface area contributed by atoms with Crippen LogP contribution in [0.1, 0.15) is 20.8 Å². The minimum Gasteiger partial charge on any atom is -0.399 e. The van der Waals surface area contributed by atoms with Crippen molar-refractivity contribution in [3.05, 3.63) is 36.6 Å². The Kier molecular flexibility index (Phi) is 9.44. The quantitative estimate of drug-likeness (QED) is 0.585. The standard InChI is InChI=1S/C7H11N.C2H6/c1-4-5-7(8)6(2)3;1-2/h4-5H,1-2,8H2,3H3;1-2H3/b7-5+;. The van der Waals surface area contributed by atoms with Crippen LogP contribution in [0.5, 0.6) is 0 Å². The molecule has 0 aliphatic carbocycles. The zero-order chi connectivity index (χ0) is 8.57. The lowest BCUT2D eigenvalue weighted by Crippen LogP contribution is -1.95. The lowest BCUT2D eigenvalue weighted by molar-refractivity contribution is 1.31. The van der Waals surface area contributed by atoms with Crippen molar-refractivity contribution >= 4 is 0 Å². The molecule has 1 heteroatoms. The van der Waals surface area contributed by atoms with Gasteiger partial charge in [-0.1, -0.05) is 33.1 Å². The van der Waals surface area contributed by atoms with Crippen molar-refractivity contribution in [2.24, 2.45) is 5.73 Å². The Morgan fingerprint density at radius 3 is 1.90 bits per heavy atom. The zero-order valence-electron chi connectivity index (χ0n) is 7.15. The van der Waals surface area contributed by atoms with Crippen LogP contribution in [0.3, 0.4) is 0 Å². The van der Waals surface area contributed by atoms with Gasteiger partial charge in [0.15, 0.2) is 0 Å². The van der Waals surface area contributed by atoms with Gasteiger partial charge in [-0.3, -0.25) is 0 Å². The summed E-state index contributed by atoms with van der Waals surface area (Å²) in [6.07, 6.45) is 3.37. The maximum Gasteiger partial charge on any atom is 0.0337 e. The molecule has 10 heavy (non-hydrogen) atoms. The summed E-state index contributed by atoms with van der Waals surface area (Å²) in [5.41, 5.74) is 6.99. The summed E-state index contributed by atoms with van der Waals surface area (Å²) in [5.74, 6) is 0. The van der Waals surface area contributed by atoms with E-state index in [1.807, 2.05) is 20.8 Å². The van der Waals surface area contributed by atoms with Crippen molar-refractivity contribution in [3.63, 3.8) is 0 Å². The van der Waals surface area contributed by atoms with Crippen LogP contribution < -0.4 is 5.73 Å². The monoisotopic (exact) mass is 139 g/mol. The molecule has 0 bridgehead atoms. The second-order valence-electron chi connectivity index (χ2n) is 1.64. The van der Waals surface area contributed by atoms with E-state index in [0.717, 1.165) is 5.57 Å². The predicted molar refractivity (Wildman–Crippen MR) is 48.6 cm³/mol. The van der Waals surface area contributed by atoms with Crippen molar-refractivity contribution in [1.29, 1.82) is 0 Å². The van der Waals surface area contributed by atoms with Crippen LogP contribution >= 0.6 is 0 Å². The number of rotatable bonds is 2. The molecule has 0 amide bonds. The highest BCUT2D eigenvalue weighted by molar-refractivity contribution is 5.25. The Morgan fingerprint density at radius 1 is 1.40 bits per heavy atom. The maximum absolute atomic E-state index is 5.42. The molecule has 0 spiro atoms. The molecule has 0 saturated heterocycles. The lowest BCUT2D eigenvalue weighted by atomic mass is 10.2. The highest BCUT2D eigenvalue weighted by Gasteiger charge is 1.83. The molecule has 0 fully saturated rings. The van der Waals surface area contributed by atoms with Crippen LogP contribution in [-0.2, 0) is 0 Å². The van der Waals surface area contributed by atoms with Crippen LogP contribution in [0.2, 0.25) is 0 Å². The first-order valence-electron chi connectivity index (χ1n) is 3.42. The van der Waals surface area contributed by atoms with E-state index in [1.54, 1.807) is 12.2 Å². The molecule has 0 heterocycles. The fraction of sp³-hybridized carbons (Fsp3) is 0.333. The SMILES string of the molecule is C=C/C=C(/N)C(=C)C.CC. The molecule has 58 valence electrons. The third-order valence-corrected chi connectivity index (χ3v) is 0.790. The van der Waals surface area contributed by atoms with Crippen molar-refractivity contribution in [1.82, 2.24) is 0 Å². The highest BCUT2D eigenvalue weighted by atomic mass is 14.6. The van der Waals surface area contributed by atoms with E-state index in [2.05, 4.69) is 13.2 Å². The van der Waals surface area contributed by atoms with E-state index in [9.17, 15) is 0 Å². The van der Waals surface area contributed by atoms with E-state index in [1.165, 1.54) is 0 Å².